The SMILES string of the molecule is CCC(C)c1ccc(OCCCOc2c(/C=C3/SC(=S)NC3=O)cccc2OC)cc1. The van der Waals surface area contributed by atoms with Crippen LogP contribution in [0.25, 0.3) is 6.08 Å². The number of para-hydroxylation sites is 1. The summed E-state index contributed by atoms with van der Waals surface area (Å²) < 4.78 is 17.8. The monoisotopic (exact) mass is 457 g/mol. The van der Waals surface area contributed by atoms with Gasteiger partial charge in [-0.3, -0.25) is 4.79 Å². The quantitative estimate of drug-likeness (QED) is 0.287. The van der Waals surface area contributed by atoms with Gasteiger partial charge < -0.3 is 19.5 Å². The summed E-state index contributed by atoms with van der Waals surface area (Å²) in [5.41, 5.74) is 2.09. The lowest BCUT2D eigenvalue weighted by atomic mass is 9.99. The van der Waals surface area contributed by atoms with Crippen molar-refractivity contribution in [1.82, 2.24) is 5.32 Å². The Balaban J connectivity index is 1.57. The number of thioether (sulfide) groups is 1. The van der Waals surface area contributed by atoms with Gasteiger partial charge in [-0.1, -0.05) is 62.1 Å². The molecule has 1 N–H and O–H groups in total. The Bertz CT molecular complexity index is 957. The predicted molar refractivity (Wildman–Crippen MR) is 130 cm³/mol. The van der Waals surface area contributed by atoms with Crippen molar-refractivity contribution in [2.75, 3.05) is 20.3 Å². The Morgan fingerprint density at radius 3 is 2.52 bits per heavy atom. The fourth-order valence-corrected chi connectivity index (χ4v) is 4.11. The van der Waals surface area contributed by atoms with Crippen molar-refractivity contribution in [3.05, 3.63) is 58.5 Å². The number of thiocarbonyl (C=S) groups is 1. The molecule has 7 heteroatoms. The molecule has 1 atom stereocenters. The maximum absolute atomic E-state index is 12.0. The van der Waals surface area contributed by atoms with Crippen LogP contribution < -0.4 is 19.5 Å². The number of hydrogen-bond acceptors (Lipinski definition) is 6. The summed E-state index contributed by atoms with van der Waals surface area (Å²) in [5, 5.41) is 2.62. The highest BCUT2D eigenvalue weighted by atomic mass is 32.2. The fraction of sp³-hybridized carbons (Fsp3) is 0.333. The summed E-state index contributed by atoms with van der Waals surface area (Å²) in [6.45, 7) is 5.41. The molecule has 1 fully saturated rings. The predicted octanol–water partition coefficient (Wildman–Crippen LogP) is 5.55. The molecule has 3 rings (SSSR count). The molecule has 0 spiro atoms. The molecule has 1 heterocycles. The lowest BCUT2D eigenvalue weighted by Gasteiger charge is -2.14. The molecule has 0 saturated carbocycles. The minimum Gasteiger partial charge on any atom is -0.493 e. The van der Waals surface area contributed by atoms with Crippen molar-refractivity contribution < 1.29 is 19.0 Å². The molecule has 0 radical (unpaired) electrons. The summed E-state index contributed by atoms with van der Waals surface area (Å²) in [7, 11) is 1.59. The minimum absolute atomic E-state index is 0.198. The first-order valence-corrected chi connectivity index (χ1v) is 11.5. The third-order valence-electron chi connectivity index (χ3n) is 5.02. The van der Waals surface area contributed by atoms with Crippen LogP contribution in [0.4, 0.5) is 0 Å². The van der Waals surface area contributed by atoms with Gasteiger partial charge in [0.05, 0.1) is 25.2 Å². The number of carbonyl (C=O) groups is 1. The first kappa shape index (κ1) is 23.2. The average molecular weight is 458 g/mol. The van der Waals surface area contributed by atoms with Crippen molar-refractivity contribution in [3.8, 4) is 17.2 Å². The standard InChI is InChI=1S/C24H27NO4S2/c1-4-16(2)17-9-11-19(12-10-17)28-13-6-14-29-22-18(7-5-8-20(22)27-3)15-21-23(26)25-24(30)31-21/h5,7-12,15-16H,4,6,13-14H2,1-3H3,(H,25,26,30)/b21-15+. The van der Waals surface area contributed by atoms with E-state index >= 15 is 0 Å². The van der Waals surface area contributed by atoms with Crippen molar-refractivity contribution in [2.45, 2.75) is 32.6 Å². The Labute approximate surface area is 193 Å². The number of ether oxygens (including phenoxy) is 3. The number of hydrogen-bond donors (Lipinski definition) is 1. The summed E-state index contributed by atoms with van der Waals surface area (Å²) in [5.74, 6) is 2.42. The van der Waals surface area contributed by atoms with Gasteiger partial charge in [-0.2, -0.15) is 0 Å². The van der Waals surface area contributed by atoms with Gasteiger partial charge in [-0.05, 0) is 42.2 Å². The van der Waals surface area contributed by atoms with E-state index in [2.05, 4.69) is 31.3 Å². The smallest absolute Gasteiger partial charge is 0.263 e. The van der Waals surface area contributed by atoms with E-state index in [1.165, 1.54) is 17.3 Å². The van der Waals surface area contributed by atoms with Crippen LogP contribution in [0.1, 0.15) is 43.7 Å². The molecule has 5 nitrogen and oxygen atoms in total. The summed E-state index contributed by atoms with van der Waals surface area (Å²) >= 11 is 6.30. The van der Waals surface area contributed by atoms with Crippen LogP contribution in [-0.4, -0.2) is 30.6 Å². The molecule has 0 aliphatic carbocycles. The lowest BCUT2D eigenvalue weighted by molar-refractivity contribution is -0.115. The lowest BCUT2D eigenvalue weighted by Crippen LogP contribution is -2.17. The van der Waals surface area contributed by atoms with E-state index in [9.17, 15) is 4.79 Å². The molecule has 0 aromatic heterocycles. The molecule has 2 aromatic rings. The number of benzene rings is 2. The zero-order chi connectivity index (χ0) is 22.2. The molecule has 1 amide bonds. The largest absolute Gasteiger partial charge is 0.493 e. The molecule has 1 saturated heterocycles. The van der Waals surface area contributed by atoms with Crippen LogP contribution >= 0.6 is 24.0 Å². The van der Waals surface area contributed by atoms with Gasteiger partial charge in [-0.25, -0.2) is 0 Å². The Morgan fingerprint density at radius 2 is 1.87 bits per heavy atom. The fourth-order valence-electron chi connectivity index (χ4n) is 3.08. The Hall–Kier alpha value is -2.51. The van der Waals surface area contributed by atoms with E-state index in [1.807, 2.05) is 30.3 Å². The van der Waals surface area contributed by atoms with E-state index in [-0.39, 0.29) is 5.91 Å². The second-order valence-corrected chi connectivity index (χ2v) is 8.88. The van der Waals surface area contributed by atoms with Gasteiger partial charge in [0.2, 0.25) is 0 Å². The van der Waals surface area contributed by atoms with Crippen LogP contribution in [0.3, 0.4) is 0 Å². The van der Waals surface area contributed by atoms with E-state index < -0.39 is 0 Å². The van der Waals surface area contributed by atoms with Gasteiger partial charge in [-0.15, -0.1) is 0 Å². The zero-order valence-electron chi connectivity index (χ0n) is 18.0. The van der Waals surface area contributed by atoms with Crippen LogP contribution in [0.5, 0.6) is 17.2 Å². The molecule has 1 unspecified atom stereocenters. The highest BCUT2D eigenvalue weighted by molar-refractivity contribution is 8.26. The zero-order valence-corrected chi connectivity index (χ0v) is 19.6. The minimum atomic E-state index is -0.198. The normalized spacial score (nSPS) is 15.6. The van der Waals surface area contributed by atoms with E-state index in [4.69, 9.17) is 26.4 Å². The molecule has 164 valence electrons. The maximum atomic E-state index is 12.0. The number of nitrogens with one attached hydrogen (secondary N) is 1. The molecule has 1 aliphatic heterocycles. The molecular weight excluding hydrogens is 430 g/mol. The van der Waals surface area contributed by atoms with E-state index in [0.29, 0.717) is 46.3 Å². The maximum Gasteiger partial charge on any atom is 0.263 e. The van der Waals surface area contributed by atoms with Crippen molar-refractivity contribution in [3.63, 3.8) is 0 Å². The third-order valence-corrected chi connectivity index (χ3v) is 6.19. The molecular formula is C24H27NO4S2. The second-order valence-electron chi connectivity index (χ2n) is 7.16. The van der Waals surface area contributed by atoms with E-state index in [1.54, 1.807) is 13.2 Å². The van der Waals surface area contributed by atoms with Crippen LogP contribution in [-0.2, 0) is 4.79 Å². The highest BCUT2D eigenvalue weighted by Crippen LogP contribution is 2.35. The number of rotatable bonds is 10. The summed E-state index contributed by atoms with van der Waals surface area (Å²) in [6, 6.07) is 13.9. The van der Waals surface area contributed by atoms with Gasteiger partial charge in [0, 0.05) is 12.0 Å². The van der Waals surface area contributed by atoms with Crippen LogP contribution in [0.2, 0.25) is 0 Å². The van der Waals surface area contributed by atoms with Gasteiger partial charge in [0.15, 0.2) is 11.5 Å². The van der Waals surface area contributed by atoms with Crippen LogP contribution in [0, 0.1) is 0 Å². The highest BCUT2D eigenvalue weighted by Gasteiger charge is 2.23. The first-order valence-electron chi connectivity index (χ1n) is 10.3. The van der Waals surface area contributed by atoms with Crippen molar-refractivity contribution in [2.24, 2.45) is 0 Å². The number of methoxy groups -OCH3 is 1. The van der Waals surface area contributed by atoms with Gasteiger partial charge in [0.1, 0.15) is 10.1 Å². The van der Waals surface area contributed by atoms with Gasteiger partial charge >= 0.3 is 0 Å². The number of amides is 1. The topological polar surface area (TPSA) is 56.8 Å². The Morgan fingerprint density at radius 1 is 1.13 bits per heavy atom. The molecule has 31 heavy (non-hydrogen) atoms. The van der Waals surface area contributed by atoms with Crippen molar-refractivity contribution >= 4 is 40.3 Å². The van der Waals surface area contributed by atoms with Crippen molar-refractivity contribution in [1.29, 1.82) is 0 Å². The third kappa shape index (κ3) is 6.24. The Kier molecular flexibility index (Phi) is 8.37. The summed E-state index contributed by atoms with van der Waals surface area (Å²) in [6.07, 6.45) is 3.60. The molecule has 0 bridgehead atoms. The average Bonchev–Trinajstić information content (AvgIpc) is 3.10. The summed E-state index contributed by atoms with van der Waals surface area (Å²) in [4.78, 5) is 12.5. The van der Waals surface area contributed by atoms with Gasteiger partial charge in [0.25, 0.3) is 5.91 Å². The molecule has 2 aromatic carbocycles. The first-order chi connectivity index (χ1) is 15.0. The van der Waals surface area contributed by atoms with E-state index in [0.717, 1.165) is 17.7 Å². The van der Waals surface area contributed by atoms with Crippen LogP contribution in [0.15, 0.2) is 47.4 Å². The molecule has 1 aliphatic rings. The number of carbonyl (C=O) groups excluding carboxylic acids is 1. The second kappa shape index (κ2) is 11.2.